The van der Waals surface area contributed by atoms with Crippen LogP contribution >= 0.6 is 0 Å². The van der Waals surface area contributed by atoms with Crippen molar-refractivity contribution < 1.29 is 24.5 Å². The van der Waals surface area contributed by atoms with E-state index in [2.05, 4.69) is 31.0 Å². The third-order valence-corrected chi connectivity index (χ3v) is 8.10. The van der Waals surface area contributed by atoms with Gasteiger partial charge in [-0.15, -0.1) is 0 Å². The zero-order valence-electron chi connectivity index (χ0n) is 20.1. The molecule has 1 unspecified atom stereocenters. The molecule has 1 aliphatic carbocycles. The summed E-state index contributed by atoms with van der Waals surface area (Å²) in [5, 5.41) is 23.0. The first-order valence-corrected chi connectivity index (χ1v) is 12.2. The van der Waals surface area contributed by atoms with Gasteiger partial charge in [0.15, 0.2) is 11.5 Å². The van der Waals surface area contributed by atoms with Gasteiger partial charge < -0.3 is 29.9 Å². The summed E-state index contributed by atoms with van der Waals surface area (Å²) in [6.45, 7) is 6.63. The van der Waals surface area contributed by atoms with E-state index in [1.807, 2.05) is 36.4 Å². The molecule has 7 heteroatoms. The number of aliphatic hydroxyl groups is 2. The Morgan fingerprint density at radius 1 is 1.15 bits per heavy atom. The lowest BCUT2D eigenvalue weighted by atomic mass is 9.79. The SMILES string of the molecule is CCC(C)(C)C1Cc2cc(NC(=O)C3(c4ccc5c(c4)OCO5)CC3)ccc2N1C(CO)CO. The number of rotatable bonds is 8. The second kappa shape index (κ2) is 8.47. The molecule has 2 aromatic rings. The molecular formula is C27H34N2O5. The number of fused-ring (bicyclic) bond motifs is 2. The van der Waals surface area contributed by atoms with Crippen molar-refractivity contribution in [2.24, 2.45) is 5.41 Å². The van der Waals surface area contributed by atoms with Crippen LogP contribution in [0.3, 0.4) is 0 Å². The van der Waals surface area contributed by atoms with Crippen molar-refractivity contribution in [2.75, 3.05) is 30.2 Å². The number of anilines is 2. The molecule has 3 aliphatic rings. The molecule has 2 aromatic carbocycles. The number of ether oxygens (including phenoxy) is 2. The van der Waals surface area contributed by atoms with Crippen LogP contribution in [-0.2, 0) is 16.6 Å². The number of carbonyl (C=O) groups excluding carboxylic acids is 1. The average Bonchev–Trinajstić information content (AvgIpc) is 3.37. The maximum Gasteiger partial charge on any atom is 0.235 e. The minimum atomic E-state index is -0.530. The number of aliphatic hydroxyl groups excluding tert-OH is 2. The first-order valence-electron chi connectivity index (χ1n) is 12.2. The lowest BCUT2D eigenvalue weighted by Gasteiger charge is -2.42. The third-order valence-electron chi connectivity index (χ3n) is 8.10. The van der Waals surface area contributed by atoms with Crippen molar-refractivity contribution in [3.8, 4) is 11.5 Å². The standard InChI is InChI=1S/C27H34N2O5/c1-4-26(2,3)24-12-17-11-19(6-7-21(17)29(24)20(14-30)15-31)28-25(32)27(9-10-27)18-5-8-22-23(13-18)34-16-33-22/h5-8,11,13,20,24,30-31H,4,9-10,12,14-16H2,1-3H3,(H,28,32). The summed E-state index contributed by atoms with van der Waals surface area (Å²) in [7, 11) is 0. The van der Waals surface area contributed by atoms with Gasteiger partial charge in [0.25, 0.3) is 0 Å². The molecular weight excluding hydrogens is 432 g/mol. The summed E-state index contributed by atoms with van der Waals surface area (Å²) in [6, 6.07) is 11.6. The average molecular weight is 467 g/mol. The highest BCUT2D eigenvalue weighted by molar-refractivity contribution is 6.01. The van der Waals surface area contributed by atoms with E-state index in [4.69, 9.17) is 9.47 Å². The maximum absolute atomic E-state index is 13.4. The van der Waals surface area contributed by atoms with E-state index in [1.54, 1.807) is 0 Å². The molecule has 1 amide bonds. The molecule has 5 rings (SSSR count). The largest absolute Gasteiger partial charge is 0.454 e. The molecule has 0 bridgehead atoms. The number of nitrogens with one attached hydrogen (secondary N) is 1. The lowest BCUT2D eigenvalue weighted by Crippen LogP contribution is -2.51. The first kappa shape index (κ1) is 23.0. The highest BCUT2D eigenvalue weighted by Gasteiger charge is 2.52. The van der Waals surface area contributed by atoms with E-state index in [-0.39, 0.29) is 43.4 Å². The normalized spacial score (nSPS) is 19.9. The number of nitrogens with zero attached hydrogens (tertiary/aromatic N) is 1. The van der Waals surface area contributed by atoms with Gasteiger partial charge >= 0.3 is 0 Å². The second-order valence-corrected chi connectivity index (χ2v) is 10.4. The lowest BCUT2D eigenvalue weighted by molar-refractivity contribution is -0.118. The van der Waals surface area contributed by atoms with Crippen LogP contribution in [-0.4, -0.2) is 48.2 Å². The maximum atomic E-state index is 13.4. The Morgan fingerprint density at radius 2 is 1.88 bits per heavy atom. The molecule has 0 saturated heterocycles. The Balaban J connectivity index is 1.39. The fraction of sp³-hybridized carbons (Fsp3) is 0.519. The van der Waals surface area contributed by atoms with Gasteiger partial charge in [-0.1, -0.05) is 26.8 Å². The van der Waals surface area contributed by atoms with Gasteiger partial charge in [-0.05, 0) is 72.6 Å². The first-order chi connectivity index (χ1) is 16.3. The quantitative estimate of drug-likeness (QED) is 0.551. The smallest absolute Gasteiger partial charge is 0.235 e. The van der Waals surface area contributed by atoms with Crippen LogP contribution in [0.4, 0.5) is 11.4 Å². The van der Waals surface area contributed by atoms with Crippen LogP contribution in [0.2, 0.25) is 0 Å². The Kier molecular flexibility index (Phi) is 5.73. The molecule has 0 aromatic heterocycles. The van der Waals surface area contributed by atoms with Gasteiger partial charge in [0.05, 0.1) is 24.7 Å². The molecule has 3 N–H and O–H groups in total. The third kappa shape index (κ3) is 3.71. The number of hydrogen-bond donors (Lipinski definition) is 3. The fourth-order valence-electron chi connectivity index (χ4n) is 5.34. The number of amides is 1. The summed E-state index contributed by atoms with van der Waals surface area (Å²) in [6.07, 6.45) is 3.40. The van der Waals surface area contributed by atoms with E-state index in [1.165, 1.54) is 0 Å². The number of carbonyl (C=O) groups is 1. The topological polar surface area (TPSA) is 91.3 Å². The molecule has 7 nitrogen and oxygen atoms in total. The van der Waals surface area contributed by atoms with Gasteiger partial charge in [-0.3, -0.25) is 4.79 Å². The molecule has 0 spiro atoms. The predicted octanol–water partition coefficient (Wildman–Crippen LogP) is 3.61. The van der Waals surface area contributed by atoms with Gasteiger partial charge in [-0.25, -0.2) is 0 Å². The van der Waals surface area contributed by atoms with Crippen molar-refractivity contribution >= 4 is 17.3 Å². The van der Waals surface area contributed by atoms with E-state index in [0.717, 1.165) is 53.9 Å². The molecule has 1 atom stereocenters. The zero-order valence-corrected chi connectivity index (χ0v) is 20.1. The molecule has 0 radical (unpaired) electrons. The van der Waals surface area contributed by atoms with Crippen molar-refractivity contribution in [3.63, 3.8) is 0 Å². The molecule has 1 saturated carbocycles. The van der Waals surface area contributed by atoms with Crippen LogP contribution < -0.4 is 19.7 Å². The van der Waals surface area contributed by atoms with E-state index < -0.39 is 5.41 Å². The Labute approximate surface area is 200 Å². The summed E-state index contributed by atoms with van der Waals surface area (Å²) in [5.41, 5.74) is 3.36. The van der Waals surface area contributed by atoms with Gasteiger partial charge in [0.1, 0.15) is 0 Å². The molecule has 182 valence electrons. The highest BCUT2D eigenvalue weighted by atomic mass is 16.7. The second-order valence-electron chi connectivity index (χ2n) is 10.4. The highest BCUT2D eigenvalue weighted by Crippen LogP contribution is 2.51. The zero-order chi connectivity index (χ0) is 24.1. The Hall–Kier alpha value is -2.77. The summed E-state index contributed by atoms with van der Waals surface area (Å²) in [5.74, 6) is 1.41. The molecule has 2 heterocycles. The van der Waals surface area contributed by atoms with Gasteiger partial charge in [-0.2, -0.15) is 0 Å². The minimum Gasteiger partial charge on any atom is -0.454 e. The fourth-order valence-corrected chi connectivity index (χ4v) is 5.34. The number of benzene rings is 2. The van der Waals surface area contributed by atoms with Crippen molar-refractivity contribution in [3.05, 3.63) is 47.5 Å². The van der Waals surface area contributed by atoms with Crippen molar-refractivity contribution in [2.45, 2.75) is 64.0 Å². The van der Waals surface area contributed by atoms with Crippen LogP contribution in [0.5, 0.6) is 11.5 Å². The minimum absolute atomic E-state index is 0.00243. The summed E-state index contributed by atoms with van der Waals surface area (Å²) < 4.78 is 10.9. The van der Waals surface area contributed by atoms with Crippen LogP contribution in [0.25, 0.3) is 0 Å². The number of hydrogen-bond acceptors (Lipinski definition) is 6. The van der Waals surface area contributed by atoms with Crippen LogP contribution in [0, 0.1) is 5.41 Å². The summed E-state index contributed by atoms with van der Waals surface area (Å²) >= 11 is 0. The van der Waals surface area contributed by atoms with E-state index in [0.29, 0.717) is 5.75 Å². The molecule has 34 heavy (non-hydrogen) atoms. The van der Waals surface area contributed by atoms with Crippen molar-refractivity contribution in [1.29, 1.82) is 0 Å². The van der Waals surface area contributed by atoms with Crippen molar-refractivity contribution in [1.82, 2.24) is 0 Å². The monoisotopic (exact) mass is 466 g/mol. The predicted molar refractivity (Wildman–Crippen MR) is 131 cm³/mol. The van der Waals surface area contributed by atoms with E-state index >= 15 is 0 Å². The van der Waals surface area contributed by atoms with Crippen LogP contribution in [0.1, 0.15) is 51.2 Å². The van der Waals surface area contributed by atoms with Gasteiger partial charge in [0.2, 0.25) is 12.7 Å². The Morgan fingerprint density at radius 3 is 2.56 bits per heavy atom. The Bertz CT molecular complexity index is 1090. The molecule has 1 fully saturated rings. The van der Waals surface area contributed by atoms with Crippen LogP contribution in [0.15, 0.2) is 36.4 Å². The van der Waals surface area contributed by atoms with E-state index in [9.17, 15) is 15.0 Å². The molecule has 2 aliphatic heterocycles. The summed E-state index contributed by atoms with van der Waals surface area (Å²) in [4.78, 5) is 15.6. The van der Waals surface area contributed by atoms with Gasteiger partial charge in [0, 0.05) is 17.4 Å².